The summed E-state index contributed by atoms with van der Waals surface area (Å²) in [6.45, 7) is 3.94. The fraction of sp³-hybridized carbons (Fsp3) is 0.438. The number of aliphatic hydroxyl groups excluding tert-OH is 1. The number of nitrogens with one attached hydrogen (secondary N) is 1. The van der Waals surface area contributed by atoms with Crippen LogP contribution in [-0.4, -0.2) is 59.8 Å². The van der Waals surface area contributed by atoms with Gasteiger partial charge in [0.15, 0.2) is 5.60 Å². The second-order valence-corrected chi connectivity index (χ2v) is 11.9. The molecule has 7 rings (SSSR count). The lowest BCUT2D eigenvalue weighted by Gasteiger charge is -2.31. The summed E-state index contributed by atoms with van der Waals surface area (Å²) in [5.74, 6) is -1.43. The maximum absolute atomic E-state index is 15.1. The third kappa shape index (κ3) is 4.62. The van der Waals surface area contributed by atoms with E-state index >= 15 is 4.39 Å². The highest BCUT2D eigenvalue weighted by molar-refractivity contribution is 5.94. The molecule has 1 aliphatic carbocycles. The highest BCUT2D eigenvalue weighted by atomic mass is 19.1. The zero-order valence-electron chi connectivity index (χ0n) is 25.4. The summed E-state index contributed by atoms with van der Waals surface area (Å²) in [5.41, 5.74) is 2.77. The van der Waals surface area contributed by atoms with Crippen LogP contribution in [0.3, 0.4) is 0 Å². The second kappa shape index (κ2) is 11.4. The van der Waals surface area contributed by atoms with Gasteiger partial charge in [-0.1, -0.05) is 12.1 Å². The van der Waals surface area contributed by atoms with Crippen molar-refractivity contribution >= 4 is 22.8 Å². The summed E-state index contributed by atoms with van der Waals surface area (Å²) >= 11 is 0. The number of hydrogen-bond acceptors (Lipinski definition) is 10. The summed E-state index contributed by atoms with van der Waals surface area (Å²) < 4.78 is 29.1. The third-order valence-corrected chi connectivity index (χ3v) is 9.49. The van der Waals surface area contributed by atoms with Crippen LogP contribution < -0.4 is 10.9 Å². The molecule has 5 heterocycles. The Hall–Kier alpha value is -4.53. The molecule has 0 saturated heterocycles. The number of benzene rings is 1. The summed E-state index contributed by atoms with van der Waals surface area (Å²) in [7, 11) is 0. The van der Waals surface area contributed by atoms with Gasteiger partial charge in [-0.2, -0.15) is 0 Å². The van der Waals surface area contributed by atoms with Crippen molar-refractivity contribution in [1.82, 2.24) is 29.9 Å². The SMILES string of the molecule is CC[C@@]1(O)C(=O)OCc2c1cc1n(c2=O)Cc2c-1nc1cc(F)c(C)c3c1c2[C@@H](NC(=O)CCOCCn1nncc1CO)CC3. The molecular formula is C32H33FN6O7. The van der Waals surface area contributed by atoms with Crippen molar-refractivity contribution in [3.8, 4) is 11.4 Å². The molecule has 4 aromatic rings. The van der Waals surface area contributed by atoms with E-state index in [9.17, 15) is 24.6 Å². The first kappa shape index (κ1) is 30.1. The number of esters is 1. The monoisotopic (exact) mass is 632 g/mol. The van der Waals surface area contributed by atoms with Gasteiger partial charge in [-0.15, -0.1) is 5.10 Å². The minimum Gasteiger partial charge on any atom is -0.458 e. The fourth-order valence-corrected chi connectivity index (χ4v) is 6.97. The lowest BCUT2D eigenvalue weighted by atomic mass is 9.81. The van der Waals surface area contributed by atoms with E-state index in [0.717, 1.165) is 22.1 Å². The standard InChI is InChI=1S/C32H33FN6O7/c1-3-32(44)21-10-25-29-19(13-38(25)30(42)20(21)15-46-31(32)43)28-23(5-4-18-16(2)22(33)11-24(36-29)27(18)28)35-26(41)6-8-45-9-7-39-17(14-40)12-34-37-39/h10-12,23,40,44H,3-9,13-15H2,1-2H3,(H,35,41)/t23-,32-/m0/s1. The number of rotatable bonds is 9. The Morgan fingerprint density at radius 1 is 1.24 bits per heavy atom. The highest BCUT2D eigenvalue weighted by Crippen LogP contribution is 2.46. The smallest absolute Gasteiger partial charge is 0.343 e. The number of nitrogens with zero attached hydrogens (tertiary/aromatic N) is 5. The number of fused-ring (bicyclic) bond motifs is 5. The summed E-state index contributed by atoms with van der Waals surface area (Å²) in [5, 5.41) is 32.1. The molecule has 3 N–H and O–H groups in total. The van der Waals surface area contributed by atoms with Crippen molar-refractivity contribution in [2.75, 3.05) is 13.2 Å². The van der Waals surface area contributed by atoms with Crippen LogP contribution in [0.5, 0.6) is 0 Å². The van der Waals surface area contributed by atoms with Gasteiger partial charge in [0.1, 0.15) is 12.4 Å². The van der Waals surface area contributed by atoms with Gasteiger partial charge in [0, 0.05) is 29.0 Å². The molecule has 2 atom stereocenters. The van der Waals surface area contributed by atoms with E-state index in [-0.39, 0.29) is 68.7 Å². The zero-order chi connectivity index (χ0) is 32.3. The Bertz CT molecular complexity index is 1990. The molecule has 3 aliphatic rings. The third-order valence-electron chi connectivity index (χ3n) is 9.49. The van der Waals surface area contributed by atoms with Crippen LogP contribution in [0.15, 0.2) is 23.1 Å². The number of aliphatic hydroxyl groups is 2. The number of halogens is 1. The molecule has 0 bridgehead atoms. The van der Waals surface area contributed by atoms with Gasteiger partial charge in [0.25, 0.3) is 5.56 Å². The summed E-state index contributed by atoms with van der Waals surface area (Å²) in [6, 6.07) is 2.58. The van der Waals surface area contributed by atoms with E-state index in [1.54, 1.807) is 24.5 Å². The van der Waals surface area contributed by atoms with Gasteiger partial charge in [0.05, 0.1) is 73.3 Å². The molecule has 1 aromatic carbocycles. The van der Waals surface area contributed by atoms with Crippen LogP contribution in [0.1, 0.15) is 71.3 Å². The molecule has 3 aromatic heterocycles. The minimum atomic E-state index is -1.97. The van der Waals surface area contributed by atoms with Gasteiger partial charge in [-0.25, -0.2) is 18.9 Å². The molecule has 46 heavy (non-hydrogen) atoms. The second-order valence-electron chi connectivity index (χ2n) is 11.9. The first-order valence-corrected chi connectivity index (χ1v) is 15.3. The predicted octanol–water partition coefficient (Wildman–Crippen LogP) is 1.82. The summed E-state index contributed by atoms with van der Waals surface area (Å²) in [4.78, 5) is 44.4. The molecule has 0 radical (unpaired) electrons. The van der Waals surface area contributed by atoms with E-state index in [0.29, 0.717) is 47.5 Å². The molecule has 0 fully saturated rings. The predicted molar refractivity (Wildman–Crippen MR) is 160 cm³/mol. The van der Waals surface area contributed by atoms with Crippen molar-refractivity contribution < 1.29 is 33.7 Å². The van der Waals surface area contributed by atoms with Crippen molar-refractivity contribution in [3.05, 3.63) is 73.6 Å². The Morgan fingerprint density at radius 3 is 2.85 bits per heavy atom. The lowest BCUT2D eigenvalue weighted by molar-refractivity contribution is -0.172. The molecule has 13 nitrogen and oxygen atoms in total. The number of amides is 1. The van der Waals surface area contributed by atoms with Gasteiger partial charge >= 0.3 is 5.97 Å². The van der Waals surface area contributed by atoms with Crippen molar-refractivity contribution in [2.24, 2.45) is 0 Å². The van der Waals surface area contributed by atoms with Crippen molar-refractivity contribution in [2.45, 2.75) is 77.5 Å². The van der Waals surface area contributed by atoms with Gasteiger partial charge < -0.3 is 29.6 Å². The number of aryl methyl sites for hydroxylation is 1. The quantitative estimate of drug-likeness (QED) is 0.161. The summed E-state index contributed by atoms with van der Waals surface area (Å²) in [6.07, 6.45) is 2.64. The molecular weight excluding hydrogens is 599 g/mol. The van der Waals surface area contributed by atoms with Crippen LogP contribution in [0.25, 0.3) is 22.3 Å². The Balaban J connectivity index is 1.21. The molecule has 14 heteroatoms. The molecule has 0 spiro atoms. The van der Waals surface area contributed by atoms with E-state index in [1.165, 1.54) is 16.9 Å². The van der Waals surface area contributed by atoms with Crippen molar-refractivity contribution in [1.29, 1.82) is 0 Å². The zero-order valence-corrected chi connectivity index (χ0v) is 25.4. The topological polar surface area (TPSA) is 171 Å². The van der Waals surface area contributed by atoms with Crippen molar-refractivity contribution in [3.63, 3.8) is 0 Å². The Kier molecular flexibility index (Phi) is 7.45. The van der Waals surface area contributed by atoms with Crippen LogP contribution in [0.2, 0.25) is 0 Å². The first-order chi connectivity index (χ1) is 22.2. The van der Waals surface area contributed by atoms with Gasteiger partial charge in [-0.05, 0) is 48.9 Å². The van der Waals surface area contributed by atoms with E-state index < -0.39 is 23.2 Å². The molecule has 2 aliphatic heterocycles. The maximum atomic E-state index is 15.1. The Labute approximate surface area is 262 Å². The number of hydrogen-bond donors (Lipinski definition) is 3. The number of aromatic nitrogens is 5. The molecule has 1 amide bonds. The Morgan fingerprint density at radius 2 is 2.07 bits per heavy atom. The lowest BCUT2D eigenvalue weighted by Crippen LogP contribution is -2.44. The van der Waals surface area contributed by atoms with E-state index in [2.05, 4.69) is 15.6 Å². The van der Waals surface area contributed by atoms with Crippen LogP contribution in [-0.2, 0) is 57.4 Å². The van der Waals surface area contributed by atoms with Crippen LogP contribution in [0, 0.1) is 12.7 Å². The minimum absolute atomic E-state index is 0.0147. The largest absolute Gasteiger partial charge is 0.458 e. The number of pyridine rings is 2. The maximum Gasteiger partial charge on any atom is 0.343 e. The van der Waals surface area contributed by atoms with Crippen LogP contribution >= 0.6 is 0 Å². The average molecular weight is 633 g/mol. The fourth-order valence-electron chi connectivity index (χ4n) is 6.97. The molecule has 240 valence electrons. The first-order valence-electron chi connectivity index (χ1n) is 15.3. The van der Waals surface area contributed by atoms with E-state index in [1.807, 2.05) is 0 Å². The normalized spacial score (nSPS) is 19.5. The van der Waals surface area contributed by atoms with Gasteiger partial charge in [0.2, 0.25) is 5.91 Å². The number of carbonyl (C=O) groups is 2. The van der Waals surface area contributed by atoms with E-state index in [4.69, 9.17) is 14.5 Å². The number of ether oxygens (including phenoxy) is 2. The van der Waals surface area contributed by atoms with Crippen LogP contribution in [0.4, 0.5) is 4.39 Å². The number of carbonyl (C=O) groups excluding carboxylic acids is 2. The average Bonchev–Trinajstić information content (AvgIpc) is 3.66. The molecule has 0 saturated carbocycles. The highest BCUT2D eigenvalue weighted by Gasteiger charge is 2.46. The van der Waals surface area contributed by atoms with Gasteiger partial charge in [-0.3, -0.25) is 9.59 Å². The molecule has 0 unspecified atom stereocenters. The number of cyclic esters (lactones) is 1.